The van der Waals surface area contributed by atoms with E-state index < -0.39 is 6.10 Å². The Morgan fingerprint density at radius 2 is 1.92 bits per heavy atom. The fourth-order valence-electron chi connectivity index (χ4n) is 4.53. The van der Waals surface area contributed by atoms with Crippen LogP contribution in [-0.2, 0) is 11.2 Å². The Bertz CT molecular complexity index is 1170. The topological polar surface area (TPSA) is 62.2 Å². The highest BCUT2D eigenvalue weighted by atomic mass is 32.1. The van der Waals surface area contributed by atoms with E-state index in [0.717, 1.165) is 23.3 Å². The predicted octanol–water partition coefficient (Wildman–Crippen LogP) is 4.85. The van der Waals surface area contributed by atoms with Gasteiger partial charge < -0.3 is 19.5 Å². The summed E-state index contributed by atoms with van der Waals surface area (Å²) in [6, 6.07) is 15.5. The molecule has 198 valence electrons. The minimum absolute atomic E-state index is 0.00900. The summed E-state index contributed by atoms with van der Waals surface area (Å²) >= 11 is 1.70. The van der Waals surface area contributed by atoms with Gasteiger partial charge in [0.15, 0.2) is 0 Å². The van der Waals surface area contributed by atoms with Crippen LogP contribution >= 0.6 is 11.3 Å². The normalized spacial score (nSPS) is 16.1. The lowest BCUT2D eigenvalue weighted by molar-refractivity contribution is -0.137. The lowest BCUT2D eigenvalue weighted by Crippen LogP contribution is -2.49. The van der Waals surface area contributed by atoms with Crippen molar-refractivity contribution in [2.75, 3.05) is 32.8 Å². The molecule has 37 heavy (non-hydrogen) atoms. The summed E-state index contributed by atoms with van der Waals surface area (Å²) in [5, 5.41) is 12.7. The van der Waals surface area contributed by atoms with E-state index in [1.54, 1.807) is 23.5 Å². The van der Waals surface area contributed by atoms with E-state index in [4.69, 9.17) is 9.47 Å². The maximum absolute atomic E-state index is 13.6. The summed E-state index contributed by atoms with van der Waals surface area (Å²) in [4.78, 5) is 18.7. The number of amides is 1. The molecule has 0 radical (unpaired) electrons. The number of para-hydroxylation sites is 1. The summed E-state index contributed by atoms with van der Waals surface area (Å²) in [6.07, 6.45) is 0.0672. The van der Waals surface area contributed by atoms with Gasteiger partial charge in [-0.05, 0) is 80.1 Å². The average Bonchev–Trinajstić information content (AvgIpc) is 3.36. The Kier molecular flexibility index (Phi) is 9.18. The second-order valence-electron chi connectivity index (χ2n) is 9.67. The van der Waals surface area contributed by atoms with Crippen molar-refractivity contribution in [2.24, 2.45) is 0 Å². The smallest absolute Gasteiger partial charge is 0.237 e. The molecular weight excluding hydrogens is 491 g/mol. The quantitative estimate of drug-likeness (QED) is 0.387. The summed E-state index contributed by atoms with van der Waals surface area (Å²) in [6.45, 7) is 7.56. The number of halogens is 1. The van der Waals surface area contributed by atoms with Crippen molar-refractivity contribution < 1.29 is 23.8 Å². The van der Waals surface area contributed by atoms with Gasteiger partial charge in [-0.25, -0.2) is 4.39 Å². The lowest BCUT2D eigenvalue weighted by Gasteiger charge is -2.38. The number of nitrogens with zero attached hydrogens (tertiary/aromatic N) is 2. The molecule has 8 heteroatoms. The van der Waals surface area contributed by atoms with Crippen molar-refractivity contribution in [3.8, 4) is 11.5 Å². The van der Waals surface area contributed by atoms with Gasteiger partial charge in [-0.2, -0.15) is 0 Å². The fourth-order valence-corrected chi connectivity index (χ4v) is 5.46. The lowest BCUT2D eigenvalue weighted by atomic mass is 10.00. The zero-order valence-electron chi connectivity index (χ0n) is 21.6. The number of thiophene rings is 1. The largest absolute Gasteiger partial charge is 0.491 e. The standard InChI is InChI=1S/C29H35FN2O4S/c1-20(2)31(16-23(33)18-36-27-7-5-4-6-21(27)3)17-29(34)32-14-12-28-25(13-15-37-28)26(32)19-35-24-10-8-22(30)9-11-24/h4-11,13,15,20,23,26,33H,12,14,16-19H2,1-3H3. The molecule has 2 heterocycles. The van der Waals surface area contributed by atoms with Gasteiger partial charge in [0.25, 0.3) is 0 Å². The Morgan fingerprint density at radius 1 is 1.16 bits per heavy atom. The first-order valence-electron chi connectivity index (χ1n) is 12.7. The molecule has 3 aromatic rings. The Labute approximate surface area is 222 Å². The van der Waals surface area contributed by atoms with Gasteiger partial charge in [-0.15, -0.1) is 11.3 Å². The first kappa shape index (κ1) is 27.1. The number of benzene rings is 2. The first-order chi connectivity index (χ1) is 17.8. The molecule has 1 aromatic heterocycles. The SMILES string of the molecule is Cc1ccccc1OCC(O)CN(CC(=O)N1CCc2sccc2C1COc1ccc(F)cc1)C(C)C. The number of fused-ring (bicyclic) bond motifs is 1. The third kappa shape index (κ3) is 7.09. The predicted molar refractivity (Wildman–Crippen MR) is 144 cm³/mol. The molecular formula is C29H35FN2O4S. The molecule has 0 bridgehead atoms. The molecule has 0 aliphatic carbocycles. The number of hydrogen-bond donors (Lipinski definition) is 1. The zero-order valence-corrected chi connectivity index (χ0v) is 22.4. The monoisotopic (exact) mass is 526 g/mol. The van der Waals surface area contributed by atoms with Gasteiger partial charge in [0.05, 0.1) is 12.6 Å². The molecule has 0 spiro atoms. The third-order valence-corrected chi connectivity index (χ3v) is 7.67. The van der Waals surface area contributed by atoms with Gasteiger partial charge in [0, 0.05) is 24.0 Å². The molecule has 1 aliphatic heterocycles. The van der Waals surface area contributed by atoms with Crippen LogP contribution in [0.5, 0.6) is 11.5 Å². The summed E-state index contributed by atoms with van der Waals surface area (Å²) in [5.74, 6) is 0.988. The second kappa shape index (κ2) is 12.5. The van der Waals surface area contributed by atoms with E-state index in [1.807, 2.05) is 54.8 Å². The zero-order chi connectivity index (χ0) is 26.4. The molecule has 2 atom stereocenters. The fraction of sp³-hybridized carbons (Fsp3) is 0.414. The van der Waals surface area contributed by atoms with Gasteiger partial charge in [0.2, 0.25) is 5.91 Å². The van der Waals surface area contributed by atoms with Crippen molar-refractivity contribution in [1.29, 1.82) is 0 Å². The highest BCUT2D eigenvalue weighted by Gasteiger charge is 2.33. The minimum Gasteiger partial charge on any atom is -0.491 e. The number of aliphatic hydroxyl groups is 1. The number of hydrogen-bond acceptors (Lipinski definition) is 6. The van der Waals surface area contributed by atoms with Crippen LogP contribution in [0.25, 0.3) is 0 Å². The van der Waals surface area contributed by atoms with E-state index in [2.05, 4.69) is 11.4 Å². The van der Waals surface area contributed by atoms with Crippen LogP contribution in [0.15, 0.2) is 60.0 Å². The number of carbonyl (C=O) groups is 1. The van der Waals surface area contributed by atoms with Crippen LogP contribution in [0, 0.1) is 12.7 Å². The van der Waals surface area contributed by atoms with Crippen LogP contribution in [0.3, 0.4) is 0 Å². The molecule has 1 aliphatic rings. The minimum atomic E-state index is -0.739. The van der Waals surface area contributed by atoms with E-state index >= 15 is 0 Å². The number of ether oxygens (including phenoxy) is 2. The van der Waals surface area contributed by atoms with Crippen LogP contribution in [-0.4, -0.2) is 65.8 Å². The number of rotatable bonds is 11. The van der Waals surface area contributed by atoms with E-state index in [9.17, 15) is 14.3 Å². The van der Waals surface area contributed by atoms with Crippen molar-refractivity contribution in [3.63, 3.8) is 0 Å². The van der Waals surface area contributed by atoms with Crippen LogP contribution < -0.4 is 9.47 Å². The number of aryl methyl sites for hydroxylation is 1. The summed E-state index contributed by atoms with van der Waals surface area (Å²) < 4.78 is 25.1. The van der Waals surface area contributed by atoms with E-state index in [-0.39, 0.29) is 43.6 Å². The highest BCUT2D eigenvalue weighted by Crippen LogP contribution is 2.34. The summed E-state index contributed by atoms with van der Waals surface area (Å²) in [7, 11) is 0. The van der Waals surface area contributed by atoms with Crippen molar-refractivity contribution >= 4 is 17.2 Å². The molecule has 1 N–H and O–H groups in total. The van der Waals surface area contributed by atoms with E-state index in [1.165, 1.54) is 17.0 Å². The number of carbonyl (C=O) groups excluding carboxylic acids is 1. The molecule has 2 aromatic carbocycles. The van der Waals surface area contributed by atoms with Crippen LogP contribution in [0.2, 0.25) is 0 Å². The second-order valence-corrected chi connectivity index (χ2v) is 10.7. The van der Waals surface area contributed by atoms with Gasteiger partial charge in [0.1, 0.15) is 36.6 Å². The molecule has 0 saturated heterocycles. The summed E-state index contributed by atoms with van der Waals surface area (Å²) in [5.41, 5.74) is 2.12. The van der Waals surface area contributed by atoms with E-state index in [0.29, 0.717) is 18.8 Å². The van der Waals surface area contributed by atoms with Crippen molar-refractivity contribution in [2.45, 2.75) is 45.4 Å². The van der Waals surface area contributed by atoms with Crippen LogP contribution in [0.4, 0.5) is 4.39 Å². The molecule has 0 fully saturated rings. The molecule has 6 nitrogen and oxygen atoms in total. The highest BCUT2D eigenvalue weighted by molar-refractivity contribution is 7.10. The molecule has 1 amide bonds. The van der Waals surface area contributed by atoms with Crippen molar-refractivity contribution in [3.05, 3.63) is 81.8 Å². The number of aliphatic hydroxyl groups excluding tert-OH is 1. The Hall–Kier alpha value is -2.94. The first-order valence-corrected chi connectivity index (χ1v) is 13.5. The Balaban J connectivity index is 1.40. The maximum atomic E-state index is 13.6. The molecule has 4 rings (SSSR count). The molecule has 2 unspecified atom stereocenters. The maximum Gasteiger partial charge on any atom is 0.237 e. The van der Waals surface area contributed by atoms with Gasteiger partial charge in [-0.3, -0.25) is 9.69 Å². The van der Waals surface area contributed by atoms with Gasteiger partial charge in [-0.1, -0.05) is 18.2 Å². The van der Waals surface area contributed by atoms with Gasteiger partial charge >= 0.3 is 0 Å². The average molecular weight is 527 g/mol. The van der Waals surface area contributed by atoms with Crippen molar-refractivity contribution in [1.82, 2.24) is 9.80 Å². The molecule has 0 saturated carbocycles. The third-order valence-electron chi connectivity index (χ3n) is 6.68. The van der Waals surface area contributed by atoms with Crippen LogP contribution in [0.1, 0.15) is 35.9 Å². The Morgan fingerprint density at radius 3 is 2.65 bits per heavy atom.